The molecule has 0 aliphatic carbocycles. The number of hydrogen-bond donors (Lipinski definition) is 6. The molecule has 22 heteroatoms. The Labute approximate surface area is 224 Å². The van der Waals surface area contributed by atoms with E-state index in [9.17, 15) is 47.2 Å². The number of carboxylic acids is 1. The first-order valence-corrected chi connectivity index (χ1v) is 12.5. The van der Waals surface area contributed by atoms with Gasteiger partial charge in [0.05, 0.1) is 0 Å². The summed E-state index contributed by atoms with van der Waals surface area (Å²) in [4.78, 5) is 53.0. The maximum absolute atomic E-state index is 13.8. The molecule has 41 heavy (non-hydrogen) atoms. The van der Waals surface area contributed by atoms with Gasteiger partial charge in [0.15, 0.2) is 12.0 Å². The molecule has 0 bridgehead atoms. The highest BCUT2D eigenvalue weighted by molar-refractivity contribution is 7.50. The Kier molecular flexibility index (Phi) is 9.16. The highest BCUT2D eigenvalue weighted by atomic mass is 31.2. The van der Waals surface area contributed by atoms with Crippen molar-refractivity contribution in [2.75, 3.05) is 6.61 Å². The minimum atomic E-state index is -5.15. The molecule has 1 aliphatic heterocycles. The van der Waals surface area contributed by atoms with Crippen molar-refractivity contribution in [1.29, 1.82) is 0 Å². The number of benzene rings is 1. The third-order valence-corrected chi connectivity index (χ3v) is 6.40. The maximum atomic E-state index is 13.8. The minimum absolute atomic E-state index is 0.495. The second-order valence-corrected chi connectivity index (χ2v) is 9.73. The Balaban J connectivity index is 1.96. The number of alkyl halides is 3. The molecule has 6 atom stereocenters. The Morgan fingerprint density at radius 3 is 2.63 bits per heavy atom. The van der Waals surface area contributed by atoms with Gasteiger partial charge in [-0.15, -0.1) is 0 Å². The molecule has 0 saturated carbocycles. The summed E-state index contributed by atoms with van der Waals surface area (Å²) in [5.41, 5.74) is 2.85. The standard InChI is InChI=1S/C19H20F3N6O12P/c1-8(16(32)33)25-41(35,36)40-39-10-4-2-3-9(19(20,21)22)13(10)37-7-18(26-27-23)14(31)12(30)15(38-18)28-6-5-11(29)24-17(28)34/h2-6,8,12,14-15,30-31H,7H2,1H3,(H,32,33)(H,24,29,34)(H2,25,35,36)/t8-,12+,14-,15+,18+/m0/s1. The Morgan fingerprint density at radius 1 is 1.37 bits per heavy atom. The second kappa shape index (κ2) is 11.9. The van der Waals surface area contributed by atoms with Crippen LogP contribution in [0, 0.1) is 0 Å². The summed E-state index contributed by atoms with van der Waals surface area (Å²) >= 11 is 0. The van der Waals surface area contributed by atoms with E-state index in [1.165, 1.54) is 0 Å². The number of azide groups is 1. The van der Waals surface area contributed by atoms with Crippen LogP contribution >= 0.6 is 7.75 Å². The van der Waals surface area contributed by atoms with E-state index < -0.39 is 85.0 Å². The van der Waals surface area contributed by atoms with Gasteiger partial charge < -0.3 is 34.6 Å². The molecule has 2 heterocycles. The summed E-state index contributed by atoms with van der Waals surface area (Å²) in [5, 5.41) is 34.8. The van der Waals surface area contributed by atoms with Gasteiger partial charge in [0, 0.05) is 17.2 Å². The van der Waals surface area contributed by atoms with Crippen LogP contribution in [0.3, 0.4) is 0 Å². The van der Waals surface area contributed by atoms with Gasteiger partial charge in [-0.1, -0.05) is 15.9 Å². The fourth-order valence-corrected chi connectivity index (χ4v) is 4.29. The molecule has 3 rings (SSSR count). The lowest BCUT2D eigenvalue weighted by molar-refractivity contribution is -0.146. The van der Waals surface area contributed by atoms with Crippen LogP contribution in [0.1, 0.15) is 18.7 Å². The first-order chi connectivity index (χ1) is 19.0. The van der Waals surface area contributed by atoms with Crippen LogP contribution in [0.15, 0.2) is 45.2 Å². The van der Waals surface area contributed by atoms with E-state index in [1.807, 2.05) is 4.98 Å². The molecular formula is C19H20F3N6O12P. The van der Waals surface area contributed by atoms with Gasteiger partial charge in [0.2, 0.25) is 11.5 Å². The van der Waals surface area contributed by atoms with Gasteiger partial charge >= 0.3 is 25.6 Å². The molecule has 1 aromatic carbocycles. The number of ether oxygens (including phenoxy) is 2. The summed E-state index contributed by atoms with van der Waals surface area (Å²) in [6, 6.07) is 1.27. The van der Waals surface area contributed by atoms with Crippen molar-refractivity contribution >= 4 is 13.7 Å². The van der Waals surface area contributed by atoms with Crippen LogP contribution in [0.2, 0.25) is 0 Å². The van der Waals surface area contributed by atoms with E-state index in [4.69, 9.17) is 20.1 Å². The van der Waals surface area contributed by atoms with Crippen molar-refractivity contribution in [2.24, 2.45) is 5.11 Å². The lowest BCUT2D eigenvalue weighted by Crippen LogP contribution is -2.46. The van der Waals surface area contributed by atoms with E-state index in [-0.39, 0.29) is 0 Å². The number of carboxylic acid groups (broad SMARTS) is 1. The van der Waals surface area contributed by atoms with Crippen LogP contribution in [0.25, 0.3) is 10.4 Å². The van der Waals surface area contributed by atoms with E-state index >= 15 is 0 Å². The molecule has 1 fully saturated rings. The normalized spacial score (nSPS) is 24.6. The number of aliphatic hydroxyl groups excluding tert-OH is 2. The van der Waals surface area contributed by atoms with Crippen LogP contribution in [-0.4, -0.2) is 66.3 Å². The highest BCUT2D eigenvalue weighted by Crippen LogP contribution is 2.46. The van der Waals surface area contributed by atoms with E-state index in [0.717, 1.165) is 31.3 Å². The smallest absolute Gasteiger partial charge is 0.440 e. The molecule has 0 amide bonds. The predicted molar refractivity (Wildman–Crippen MR) is 124 cm³/mol. The van der Waals surface area contributed by atoms with Gasteiger partial charge in [0.25, 0.3) is 5.56 Å². The zero-order chi connectivity index (χ0) is 30.8. The first kappa shape index (κ1) is 31.6. The molecular weight excluding hydrogens is 592 g/mol. The fraction of sp³-hybridized carbons (Fsp3) is 0.421. The number of para-hydroxylation sites is 1. The molecule has 6 N–H and O–H groups in total. The summed E-state index contributed by atoms with van der Waals surface area (Å²) in [7, 11) is -5.09. The third kappa shape index (κ3) is 7.04. The lowest BCUT2D eigenvalue weighted by Gasteiger charge is -2.27. The summed E-state index contributed by atoms with van der Waals surface area (Å²) in [6.45, 7) is -0.323. The van der Waals surface area contributed by atoms with Crippen LogP contribution in [0.4, 0.5) is 13.2 Å². The average molecular weight is 612 g/mol. The number of aliphatic carboxylic acids is 1. The molecule has 1 saturated heterocycles. The number of nitrogens with zero attached hydrogens (tertiary/aromatic N) is 4. The number of carbonyl (C=O) groups is 1. The number of H-pyrrole nitrogens is 1. The van der Waals surface area contributed by atoms with Crippen molar-refractivity contribution < 1.29 is 61.8 Å². The van der Waals surface area contributed by atoms with Crippen molar-refractivity contribution in [1.82, 2.24) is 14.6 Å². The number of nitrogens with one attached hydrogen (secondary N) is 2. The first-order valence-electron chi connectivity index (χ1n) is 11.0. The number of aliphatic hydroxyl groups is 2. The van der Waals surface area contributed by atoms with Crippen molar-refractivity contribution in [2.45, 2.75) is 43.3 Å². The summed E-state index contributed by atoms with van der Waals surface area (Å²) < 4.78 is 68.8. The predicted octanol–water partition coefficient (Wildman–Crippen LogP) is 0.365. The van der Waals surface area contributed by atoms with Crippen molar-refractivity contribution in [3.05, 3.63) is 67.3 Å². The van der Waals surface area contributed by atoms with Crippen LogP contribution in [-0.2, 0) is 24.9 Å². The molecule has 224 valence electrons. The highest BCUT2D eigenvalue weighted by Gasteiger charge is 2.56. The second-order valence-electron chi connectivity index (χ2n) is 8.28. The summed E-state index contributed by atoms with van der Waals surface area (Å²) in [5.74, 6) is -3.81. The van der Waals surface area contributed by atoms with Gasteiger partial charge in [-0.25, -0.2) is 14.4 Å². The topological polar surface area (TPSA) is 268 Å². The minimum Gasteiger partial charge on any atom is -0.486 e. The van der Waals surface area contributed by atoms with E-state index in [1.54, 1.807) is 5.09 Å². The molecule has 18 nitrogen and oxygen atoms in total. The maximum Gasteiger partial charge on any atom is 0.440 e. The number of halogens is 3. The van der Waals surface area contributed by atoms with E-state index in [0.29, 0.717) is 10.6 Å². The quantitative estimate of drug-likeness (QED) is 0.0500. The SMILES string of the molecule is C[C@H](NP(=O)(O)OOc1cccc(C(F)(F)F)c1OC[C@@]1(N=[N+]=[N-])O[C@@H](n2ccc(=O)[nH]c2=O)[C@H](O)[C@@H]1O)C(=O)O. The van der Waals surface area contributed by atoms with E-state index in [2.05, 4.69) is 19.6 Å². The van der Waals surface area contributed by atoms with Gasteiger partial charge in [-0.05, 0) is 24.6 Å². The number of hydrogen-bond acceptors (Lipinski definition) is 11. The molecule has 2 aromatic rings. The van der Waals surface area contributed by atoms with Gasteiger partial charge in [-0.2, -0.15) is 13.2 Å². The average Bonchev–Trinajstić information content (AvgIpc) is 3.11. The molecule has 0 radical (unpaired) electrons. The van der Waals surface area contributed by atoms with Crippen molar-refractivity contribution in [3.8, 4) is 11.5 Å². The third-order valence-electron chi connectivity index (χ3n) is 5.40. The molecule has 1 aromatic heterocycles. The van der Waals surface area contributed by atoms with Gasteiger partial charge in [0.1, 0.15) is 30.4 Å². The van der Waals surface area contributed by atoms with Crippen LogP contribution < -0.4 is 26.0 Å². The zero-order valence-electron chi connectivity index (χ0n) is 20.3. The lowest BCUT2D eigenvalue weighted by atomic mass is 10.1. The van der Waals surface area contributed by atoms with Crippen LogP contribution in [0.5, 0.6) is 11.5 Å². The number of rotatable bonds is 11. The van der Waals surface area contributed by atoms with Gasteiger partial charge in [-0.3, -0.25) is 19.1 Å². The monoisotopic (exact) mass is 612 g/mol. The molecule has 0 spiro atoms. The molecule has 1 aliphatic rings. The largest absolute Gasteiger partial charge is 0.486 e. The Morgan fingerprint density at radius 2 is 2.05 bits per heavy atom. The zero-order valence-corrected chi connectivity index (χ0v) is 21.2. The Hall–Kier alpha value is -3.94. The molecule has 1 unspecified atom stereocenters. The number of aromatic nitrogens is 2. The van der Waals surface area contributed by atoms with Crippen molar-refractivity contribution in [3.63, 3.8) is 0 Å². The Bertz CT molecular complexity index is 1510. The number of aromatic amines is 1. The fourth-order valence-electron chi connectivity index (χ4n) is 3.47. The summed E-state index contributed by atoms with van der Waals surface area (Å²) in [6.07, 6.45) is -10.4.